The van der Waals surface area contributed by atoms with Crippen molar-refractivity contribution in [1.29, 1.82) is 0 Å². The topological polar surface area (TPSA) is 82.3 Å². The second kappa shape index (κ2) is 8.13. The fourth-order valence-electron chi connectivity index (χ4n) is 2.62. The highest BCUT2D eigenvalue weighted by Crippen LogP contribution is 2.21. The molecule has 0 bridgehead atoms. The summed E-state index contributed by atoms with van der Waals surface area (Å²) in [5, 5.41) is 0. The molecule has 0 aliphatic rings. The largest absolute Gasteiger partial charge is 0.455 e. The minimum atomic E-state index is -0.642. The zero-order valence-electron chi connectivity index (χ0n) is 15.8. The van der Waals surface area contributed by atoms with Crippen LogP contribution in [0.2, 0.25) is 0 Å². The molecule has 0 unspecified atom stereocenters. The molecular formula is C21H26N2O3. The first-order valence-corrected chi connectivity index (χ1v) is 8.80. The molecule has 5 nitrogen and oxygen atoms in total. The van der Waals surface area contributed by atoms with Crippen molar-refractivity contribution in [2.45, 2.75) is 52.6 Å². The van der Waals surface area contributed by atoms with E-state index in [2.05, 4.69) is 11.9 Å². The summed E-state index contributed by atoms with van der Waals surface area (Å²) >= 11 is 0. The summed E-state index contributed by atoms with van der Waals surface area (Å²) in [6.45, 7) is 7.43. The molecule has 2 rings (SSSR count). The van der Waals surface area contributed by atoms with Gasteiger partial charge in [-0.3, -0.25) is 4.79 Å². The Balaban J connectivity index is 2.22. The Hall–Kier alpha value is -2.69. The maximum atomic E-state index is 12.6. The van der Waals surface area contributed by atoms with E-state index in [1.807, 2.05) is 18.2 Å². The van der Waals surface area contributed by atoms with E-state index < -0.39 is 11.6 Å². The molecular weight excluding hydrogens is 328 g/mol. The van der Waals surface area contributed by atoms with Crippen LogP contribution in [0.3, 0.4) is 0 Å². The number of nitrogens with zero attached hydrogens (tertiary/aromatic N) is 1. The number of hydrogen-bond acceptors (Lipinski definition) is 5. The number of aromatic nitrogens is 1. The number of nitrogen functional groups attached to an aromatic ring is 1. The van der Waals surface area contributed by atoms with E-state index in [-0.39, 0.29) is 23.6 Å². The van der Waals surface area contributed by atoms with Crippen LogP contribution in [-0.4, -0.2) is 22.3 Å². The summed E-state index contributed by atoms with van der Waals surface area (Å²) in [4.78, 5) is 28.9. The number of benzene rings is 1. The lowest BCUT2D eigenvalue weighted by Gasteiger charge is -2.20. The number of esters is 1. The molecule has 1 aromatic carbocycles. The third-order valence-electron chi connectivity index (χ3n) is 3.81. The average Bonchev–Trinajstić information content (AvgIpc) is 2.55. The fraction of sp³-hybridized carbons (Fsp3) is 0.381. The number of pyridine rings is 1. The van der Waals surface area contributed by atoms with Gasteiger partial charge in [-0.25, -0.2) is 9.78 Å². The lowest BCUT2D eigenvalue weighted by Crippen LogP contribution is -2.25. The lowest BCUT2D eigenvalue weighted by molar-refractivity contribution is 0.00639. The van der Waals surface area contributed by atoms with E-state index in [9.17, 15) is 9.59 Å². The summed E-state index contributed by atoms with van der Waals surface area (Å²) < 4.78 is 5.33. The van der Waals surface area contributed by atoms with Crippen LogP contribution in [0, 0.1) is 0 Å². The van der Waals surface area contributed by atoms with Crippen LogP contribution in [0.4, 0.5) is 5.69 Å². The number of carbonyl (C=O) groups is 2. The molecule has 0 atom stereocenters. The van der Waals surface area contributed by atoms with E-state index in [1.165, 1.54) is 6.20 Å². The SMILES string of the molecule is CCCc1cccc(C(=O)Cc2ccnc(C(=O)OC(C)(C)C)c2N)c1. The minimum absolute atomic E-state index is 0.0454. The van der Waals surface area contributed by atoms with Gasteiger partial charge in [0.1, 0.15) is 5.60 Å². The quantitative estimate of drug-likeness (QED) is 0.626. The molecule has 0 aliphatic carbocycles. The van der Waals surface area contributed by atoms with Crippen molar-refractivity contribution in [2.75, 3.05) is 5.73 Å². The standard InChI is InChI=1S/C21H26N2O3/c1-5-7-14-8-6-9-15(12-14)17(24)13-16-10-11-23-19(18(16)22)20(25)26-21(2,3)4/h6,8-12H,5,7,13,22H2,1-4H3. The number of ether oxygens (including phenoxy) is 1. The Kier molecular flexibility index (Phi) is 6.14. The molecule has 5 heteroatoms. The van der Waals surface area contributed by atoms with Gasteiger partial charge in [0.05, 0.1) is 5.69 Å². The molecule has 1 heterocycles. The van der Waals surface area contributed by atoms with Gasteiger partial charge in [-0.05, 0) is 50.5 Å². The summed E-state index contributed by atoms with van der Waals surface area (Å²) in [5.41, 5.74) is 8.04. The van der Waals surface area contributed by atoms with Crippen molar-refractivity contribution < 1.29 is 14.3 Å². The average molecular weight is 354 g/mol. The van der Waals surface area contributed by atoms with Crippen LogP contribution in [0.1, 0.15) is 66.1 Å². The predicted octanol–water partition coefficient (Wildman–Crippen LogP) is 4.00. The smallest absolute Gasteiger partial charge is 0.359 e. The second-order valence-electron chi connectivity index (χ2n) is 7.28. The molecule has 0 amide bonds. The van der Waals surface area contributed by atoms with Gasteiger partial charge in [-0.15, -0.1) is 0 Å². The van der Waals surface area contributed by atoms with E-state index in [0.717, 1.165) is 18.4 Å². The predicted molar refractivity (Wildman–Crippen MR) is 102 cm³/mol. The highest BCUT2D eigenvalue weighted by atomic mass is 16.6. The number of nitrogens with two attached hydrogens (primary N) is 1. The number of carbonyl (C=O) groups excluding carboxylic acids is 2. The number of hydrogen-bond donors (Lipinski definition) is 1. The Morgan fingerprint density at radius 2 is 1.92 bits per heavy atom. The van der Waals surface area contributed by atoms with Gasteiger partial charge in [-0.2, -0.15) is 0 Å². The summed E-state index contributed by atoms with van der Waals surface area (Å²) in [5.74, 6) is -0.634. The maximum absolute atomic E-state index is 12.6. The monoisotopic (exact) mass is 354 g/mol. The van der Waals surface area contributed by atoms with Crippen LogP contribution in [0.25, 0.3) is 0 Å². The van der Waals surface area contributed by atoms with E-state index in [1.54, 1.807) is 32.9 Å². The van der Waals surface area contributed by atoms with Crippen LogP contribution >= 0.6 is 0 Å². The Bertz CT molecular complexity index is 807. The molecule has 2 aromatic rings. The fourth-order valence-corrected chi connectivity index (χ4v) is 2.62. The van der Waals surface area contributed by atoms with Gasteiger partial charge in [0.2, 0.25) is 0 Å². The Morgan fingerprint density at radius 1 is 1.19 bits per heavy atom. The van der Waals surface area contributed by atoms with Gasteiger partial charge in [-0.1, -0.05) is 31.5 Å². The van der Waals surface area contributed by atoms with Gasteiger partial charge < -0.3 is 10.5 Å². The molecule has 0 radical (unpaired) electrons. The zero-order valence-corrected chi connectivity index (χ0v) is 15.8. The number of Topliss-reactive ketones (excluding diaryl/α,β-unsaturated/α-hetero) is 1. The molecule has 138 valence electrons. The molecule has 0 saturated heterocycles. The molecule has 0 fully saturated rings. The van der Waals surface area contributed by atoms with E-state index in [4.69, 9.17) is 10.5 Å². The number of ketones is 1. The van der Waals surface area contributed by atoms with Gasteiger partial charge in [0, 0.05) is 18.2 Å². The Labute approximate surface area is 154 Å². The lowest BCUT2D eigenvalue weighted by atomic mass is 9.99. The third kappa shape index (κ3) is 5.15. The van der Waals surface area contributed by atoms with Gasteiger partial charge in [0.25, 0.3) is 0 Å². The first-order valence-electron chi connectivity index (χ1n) is 8.80. The van der Waals surface area contributed by atoms with Crippen LogP contribution in [-0.2, 0) is 17.6 Å². The van der Waals surface area contributed by atoms with Crippen LogP contribution in [0.5, 0.6) is 0 Å². The highest BCUT2D eigenvalue weighted by Gasteiger charge is 2.22. The van der Waals surface area contributed by atoms with E-state index in [0.29, 0.717) is 11.1 Å². The van der Waals surface area contributed by atoms with Crippen molar-refractivity contribution in [3.63, 3.8) is 0 Å². The summed E-state index contributed by atoms with van der Waals surface area (Å²) in [6, 6.07) is 9.28. The minimum Gasteiger partial charge on any atom is -0.455 e. The van der Waals surface area contributed by atoms with Crippen molar-refractivity contribution in [3.8, 4) is 0 Å². The molecule has 2 N–H and O–H groups in total. The van der Waals surface area contributed by atoms with Crippen molar-refractivity contribution in [2.24, 2.45) is 0 Å². The molecule has 0 saturated carbocycles. The Morgan fingerprint density at radius 3 is 2.58 bits per heavy atom. The summed E-state index contributed by atoms with van der Waals surface area (Å²) in [7, 11) is 0. The van der Waals surface area contributed by atoms with Crippen molar-refractivity contribution in [1.82, 2.24) is 4.98 Å². The maximum Gasteiger partial charge on any atom is 0.359 e. The molecule has 0 aliphatic heterocycles. The van der Waals surface area contributed by atoms with Crippen molar-refractivity contribution >= 4 is 17.4 Å². The first kappa shape index (κ1) is 19.6. The van der Waals surface area contributed by atoms with Crippen LogP contribution < -0.4 is 5.73 Å². The molecule has 1 aromatic heterocycles. The normalized spacial score (nSPS) is 11.2. The van der Waals surface area contributed by atoms with Gasteiger partial charge >= 0.3 is 5.97 Å². The molecule has 26 heavy (non-hydrogen) atoms. The van der Waals surface area contributed by atoms with E-state index >= 15 is 0 Å². The number of anilines is 1. The molecule has 0 spiro atoms. The second-order valence-corrected chi connectivity index (χ2v) is 7.28. The highest BCUT2D eigenvalue weighted by molar-refractivity contribution is 6.00. The number of rotatable bonds is 6. The van der Waals surface area contributed by atoms with Crippen LogP contribution in [0.15, 0.2) is 36.5 Å². The van der Waals surface area contributed by atoms with Crippen molar-refractivity contribution in [3.05, 3.63) is 58.9 Å². The van der Waals surface area contributed by atoms with Gasteiger partial charge in [0.15, 0.2) is 11.5 Å². The number of aryl methyl sites for hydroxylation is 1. The first-order chi connectivity index (χ1) is 12.2. The third-order valence-corrected chi connectivity index (χ3v) is 3.81. The summed E-state index contributed by atoms with van der Waals surface area (Å²) in [6.07, 6.45) is 3.54. The zero-order chi connectivity index (χ0) is 19.3.